The molecule has 0 aliphatic carbocycles. The van der Waals surface area contributed by atoms with Gasteiger partial charge in [0, 0.05) is 5.56 Å². The fourth-order valence-electron chi connectivity index (χ4n) is 1.02. The molecule has 0 aromatic heterocycles. The number of rotatable bonds is 4. The summed E-state index contributed by atoms with van der Waals surface area (Å²) in [5, 5.41) is 0. The van der Waals surface area contributed by atoms with Crippen LogP contribution in [0.15, 0.2) is 48.6 Å². The second kappa shape index (κ2) is 5.75. The van der Waals surface area contributed by atoms with Crippen LogP contribution in [-0.2, 0) is 9.53 Å². The van der Waals surface area contributed by atoms with Crippen molar-refractivity contribution < 1.29 is 9.53 Å². The maximum Gasteiger partial charge on any atom is 0.423 e. The first-order chi connectivity index (χ1) is 6.88. The maximum atomic E-state index is 10.1. The van der Waals surface area contributed by atoms with E-state index in [0.717, 1.165) is 5.56 Å². The van der Waals surface area contributed by atoms with Gasteiger partial charge in [-0.15, -0.1) is 0 Å². The Morgan fingerprint density at radius 2 is 2.07 bits per heavy atom. The van der Waals surface area contributed by atoms with Crippen molar-refractivity contribution >= 4 is 12.2 Å². The van der Waals surface area contributed by atoms with E-state index in [4.69, 9.17) is 4.74 Å². The highest BCUT2D eigenvalue weighted by molar-refractivity contribution is 5.67. The fraction of sp³-hybridized carbons (Fsp3) is 0.0833. The molecular weight excluding hydrogens is 176 g/mol. The Balaban J connectivity index is 2.94. The molecule has 0 saturated carbocycles. The van der Waals surface area contributed by atoms with Crippen LogP contribution in [0.4, 0.5) is 0 Å². The molecule has 0 amide bonds. The average Bonchev–Trinajstić information content (AvgIpc) is 2.25. The molecule has 1 rings (SSSR count). The summed E-state index contributed by atoms with van der Waals surface area (Å²) in [5.41, 5.74) is 0.856. The molecule has 0 aliphatic rings. The Morgan fingerprint density at radius 3 is 2.64 bits per heavy atom. The third kappa shape index (κ3) is 2.90. The standard InChI is InChI=1S/C12H11O2/c1-2-3-9-12(14-10-13)11-7-5-4-6-8-11/h2-9H,1H3. The number of allylic oxidation sites excluding steroid dienone is 3. The minimum Gasteiger partial charge on any atom is -0.417 e. The van der Waals surface area contributed by atoms with Crippen molar-refractivity contribution in [2.75, 3.05) is 0 Å². The molecule has 0 bridgehead atoms. The number of benzene rings is 1. The lowest BCUT2D eigenvalue weighted by Gasteiger charge is -2.01. The summed E-state index contributed by atoms with van der Waals surface area (Å²) in [4.78, 5) is 10.1. The van der Waals surface area contributed by atoms with Crippen molar-refractivity contribution in [1.82, 2.24) is 0 Å². The minimum atomic E-state index is 0.499. The molecule has 0 N–H and O–H groups in total. The van der Waals surface area contributed by atoms with E-state index in [9.17, 15) is 4.79 Å². The topological polar surface area (TPSA) is 26.3 Å². The van der Waals surface area contributed by atoms with Gasteiger partial charge in [-0.3, -0.25) is 0 Å². The van der Waals surface area contributed by atoms with E-state index in [2.05, 4.69) is 0 Å². The first-order valence-corrected chi connectivity index (χ1v) is 4.31. The number of carbonyl (C=O) groups excluding carboxylic acids is 1. The van der Waals surface area contributed by atoms with Gasteiger partial charge in [0.25, 0.3) is 0 Å². The van der Waals surface area contributed by atoms with Crippen LogP contribution in [-0.4, -0.2) is 6.47 Å². The molecule has 0 fully saturated rings. The maximum absolute atomic E-state index is 10.1. The Hall–Kier alpha value is -1.83. The largest absolute Gasteiger partial charge is 0.423 e. The Morgan fingerprint density at radius 1 is 1.36 bits per heavy atom. The third-order valence-corrected chi connectivity index (χ3v) is 1.65. The molecule has 0 heterocycles. The van der Waals surface area contributed by atoms with Crippen molar-refractivity contribution in [3.05, 3.63) is 54.1 Å². The van der Waals surface area contributed by atoms with Gasteiger partial charge in [0.05, 0.1) is 0 Å². The zero-order valence-corrected chi connectivity index (χ0v) is 7.94. The first-order valence-electron chi connectivity index (χ1n) is 4.31. The second-order valence-corrected chi connectivity index (χ2v) is 2.61. The van der Waals surface area contributed by atoms with E-state index < -0.39 is 0 Å². The van der Waals surface area contributed by atoms with Gasteiger partial charge in [0.1, 0.15) is 5.76 Å². The Bertz CT molecular complexity index is 337. The van der Waals surface area contributed by atoms with Crippen LogP contribution in [0.25, 0.3) is 5.76 Å². The van der Waals surface area contributed by atoms with Gasteiger partial charge in [-0.25, -0.2) is 4.79 Å². The lowest BCUT2D eigenvalue weighted by molar-refractivity contribution is 0.418. The molecule has 2 heteroatoms. The lowest BCUT2D eigenvalue weighted by Crippen LogP contribution is -1.88. The average molecular weight is 187 g/mol. The molecule has 0 atom stereocenters. The van der Waals surface area contributed by atoms with Crippen molar-refractivity contribution in [3.8, 4) is 0 Å². The van der Waals surface area contributed by atoms with E-state index in [-0.39, 0.29) is 0 Å². The predicted molar refractivity (Wildman–Crippen MR) is 56.0 cm³/mol. The molecule has 1 aromatic rings. The highest BCUT2D eigenvalue weighted by Gasteiger charge is 1.99. The Labute approximate surface area is 83.5 Å². The summed E-state index contributed by atoms with van der Waals surface area (Å²) in [6.07, 6.45) is 5.39. The van der Waals surface area contributed by atoms with Gasteiger partial charge in [-0.2, -0.15) is 0 Å². The molecule has 0 unspecified atom stereocenters. The second-order valence-electron chi connectivity index (χ2n) is 2.61. The predicted octanol–water partition coefficient (Wildman–Crippen LogP) is 2.69. The van der Waals surface area contributed by atoms with E-state index in [1.165, 1.54) is 6.47 Å². The van der Waals surface area contributed by atoms with E-state index in [1.807, 2.05) is 43.3 Å². The van der Waals surface area contributed by atoms with Crippen molar-refractivity contribution in [3.63, 3.8) is 0 Å². The van der Waals surface area contributed by atoms with Crippen molar-refractivity contribution in [1.29, 1.82) is 0 Å². The number of hydrogen-bond donors (Lipinski definition) is 0. The summed E-state index contributed by atoms with van der Waals surface area (Å²) in [5.74, 6) is 0.499. The highest BCUT2D eigenvalue weighted by Crippen LogP contribution is 2.14. The zero-order valence-electron chi connectivity index (χ0n) is 7.94. The normalized spacial score (nSPS) is 11.6. The van der Waals surface area contributed by atoms with Crippen LogP contribution in [0.5, 0.6) is 0 Å². The van der Waals surface area contributed by atoms with Gasteiger partial charge < -0.3 is 4.74 Å². The van der Waals surface area contributed by atoms with E-state index >= 15 is 0 Å². The van der Waals surface area contributed by atoms with Gasteiger partial charge in [-0.05, 0) is 13.0 Å². The van der Waals surface area contributed by atoms with E-state index in [0.29, 0.717) is 5.76 Å². The monoisotopic (exact) mass is 187 g/mol. The molecule has 1 radical (unpaired) electrons. The third-order valence-electron chi connectivity index (χ3n) is 1.65. The van der Waals surface area contributed by atoms with Crippen LogP contribution >= 0.6 is 0 Å². The summed E-state index contributed by atoms with van der Waals surface area (Å²) in [6, 6.07) is 9.40. The van der Waals surface area contributed by atoms with Crippen LogP contribution in [0.3, 0.4) is 0 Å². The smallest absolute Gasteiger partial charge is 0.417 e. The van der Waals surface area contributed by atoms with Gasteiger partial charge in [0.15, 0.2) is 0 Å². The molecule has 0 saturated heterocycles. The molecule has 0 spiro atoms. The number of ether oxygens (including phenoxy) is 1. The van der Waals surface area contributed by atoms with Crippen LogP contribution in [0.1, 0.15) is 12.5 Å². The SMILES string of the molecule is CC=CC=C(O[C]=O)c1ccccc1. The van der Waals surface area contributed by atoms with Gasteiger partial charge >= 0.3 is 6.47 Å². The highest BCUT2D eigenvalue weighted by atomic mass is 16.5. The number of hydrogen-bond acceptors (Lipinski definition) is 2. The van der Waals surface area contributed by atoms with Crippen LogP contribution in [0.2, 0.25) is 0 Å². The first kappa shape index (κ1) is 10.3. The minimum absolute atomic E-state index is 0.499. The molecule has 14 heavy (non-hydrogen) atoms. The Kier molecular flexibility index (Phi) is 4.21. The van der Waals surface area contributed by atoms with Crippen molar-refractivity contribution in [2.24, 2.45) is 0 Å². The summed E-state index contributed by atoms with van der Waals surface area (Å²) in [7, 11) is 0. The van der Waals surface area contributed by atoms with Crippen LogP contribution < -0.4 is 0 Å². The van der Waals surface area contributed by atoms with Gasteiger partial charge in [0.2, 0.25) is 0 Å². The van der Waals surface area contributed by atoms with E-state index in [1.54, 1.807) is 12.2 Å². The zero-order chi connectivity index (χ0) is 10.2. The summed E-state index contributed by atoms with van der Waals surface area (Å²) in [6.45, 7) is 3.32. The lowest BCUT2D eigenvalue weighted by atomic mass is 10.2. The molecule has 71 valence electrons. The van der Waals surface area contributed by atoms with Gasteiger partial charge in [-0.1, -0.05) is 42.5 Å². The molecule has 1 aromatic carbocycles. The van der Waals surface area contributed by atoms with Crippen molar-refractivity contribution in [2.45, 2.75) is 6.92 Å². The summed E-state index contributed by atoms with van der Waals surface area (Å²) >= 11 is 0. The summed E-state index contributed by atoms with van der Waals surface area (Å²) < 4.78 is 4.73. The molecule has 2 nitrogen and oxygen atoms in total. The fourth-order valence-corrected chi connectivity index (χ4v) is 1.02. The molecular formula is C12H11O2. The quantitative estimate of drug-likeness (QED) is 0.535. The molecule has 0 aliphatic heterocycles. The van der Waals surface area contributed by atoms with Crippen LogP contribution in [0, 0.1) is 0 Å².